The van der Waals surface area contributed by atoms with E-state index in [0.717, 1.165) is 41.9 Å². The van der Waals surface area contributed by atoms with Gasteiger partial charge in [0.25, 0.3) is 5.91 Å². The lowest BCUT2D eigenvalue weighted by atomic mass is 10.1. The molecule has 4 nitrogen and oxygen atoms in total. The molecule has 0 saturated heterocycles. The molecular formula is C28H39N3O. The Bertz CT molecular complexity index is 976. The first-order valence-corrected chi connectivity index (χ1v) is 12.5. The highest BCUT2D eigenvalue weighted by Crippen LogP contribution is 2.19. The van der Waals surface area contributed by atoms with Crippen molar-refractivity contribution in [3.8, 4) is 0 Å². The zero-order valence-corrected chi connectivity index (χ0v) is 19.9. The van der Waals surface area contributed by atoms with Crippen LogP contribution in [-0.2, 0) is 13.0 Å². The van der Waals surface area contributed by atoms with Gasteiger partial charge in [0.2, 0.25) is 0 Å². The van der Waals surface area contributed by atoms with E-state index in [2.05, 4.69) is 41.1 Å². The Morgan fingerprint density at radius 2 is 1.56 bits per heavy atom. The number of hydrogen-bond donors (Lipinski definition) is 1. The third kappa shape index (κ3) is 6.94. The summed E-state index contributed by atoms with van der Waals surface area (Å²) in [5.74, 6) is 1.15. The van der Waals surface area contributed by atoms with Crippen molar-refractivity contribution in [2.24, 2.45) is 0 Å². The van der Waals surface area contributed by atoms with E-state index in [1.807, 2.05) is 31.2 Å². The maximum Gasteiger partial charge on any atom is 0.251 e. The largest absolute Gasteiger partial charge is 0.352 e. The minimum atomic E-state index is 0.00976. The summed E-state index contributed by atoms with van der Waals surface area (Å²) in [5.41, 5.74) is 4.08. The second-order valence-corrected chi connectivity index (χ2v) is 8.82. The van der Waals surface area contributed by atoms with Crippen LogP contribution in [0.2, 0.25) is 0 Å². The predicted octanol–water partition coefficient (Wildman–Crippen LogP) is 6.85. The standard InChI is InChI=1S/C28H39N3O/c1-3-4-5-6-7-8-9-14-22-31-26-19-13-12-18-25(26)30-27(31)20-15-21-29-28(32)24-17-11-10-16-23(24)2/h10-13,16-19H,3-9,14-15,20-22H2,1-2H3,(H,29,32). The number of para-hydroxylation sites is 2. The second kappa shape index (κ2) is 13.0. The van der Waals surface area contributed by atoms with Gasteiger partial charge in [0.15, 0.2) is 0 Å². The molecule has 0 saturated carbocycles. The second-order valence-electron chi connectivity index (χ2n) is 8.82. The van der Waals surface area contributed by atoms with E-state index >= 15 is 0 Å². The van der Waals surface area contributed by atoms with Gasteiger partial charge in [-0.3, -0.25) is 4.79 Å². The van der Waals surface area contributed by atoms with E-state index in [1.165, 1.54) is 56.9 Å². The van der Waals surface area contributed by atoms with Gasteiger partial charge in [0.1, 0.15) is 5.82 Å². The van der Waals surface area contributed by atoms with Crippen LogP contribution in [0.3, 0.4) is 0 Å². The maximum atomic E-state index is 12.4. The number of aryl methyl sites for hydroxylation is 3. The fraction of sp³-hybridized carbons (Fsp3) is 0.500. The normalized spacial score (nSPS) is 11.2. The van der Waals surface area contributed by atoms with Crippen LogP contribution >= 0.6 is 0 Å². The van der Waals surface area contributed by atoms with Crippen LogP contribution in [-0.4, -0.2) is 22.0 Å². The number of unbranched alkanes of at least 4 members (excludes halogenated alkanes) is 7. The molecule has 3 aromatic rings. The SMILES string of the molecule is CCCCCCCCCCn1c(CCCNC(=O)c2ccccc2C)nc2ccccc21. The molecule has 1 aromatic heterocycles. The van der Waals surface area contributed by atoms with Crippen molar-refractivity contribution in [3.05, 3.63) is 65.5 Å². The van der Waals surface area contributed by atoms with Gasteiger partial charge < -0.3 is 9.88 Å². The summed E-state index contributed by atoms with van der Waals surface area (Å²) in [6, 6.07) is 16.2. The molecule has 0 aliphatic carbocycles. The first kappa shape index (κ1) is 24.0. The number of amides is 1. The summed E-state index contributed by atoms with van der Waals surface area (Å²) < 4.78 is 2.40. The molecule has 172 valence electrons. The van der Waals surface area contributed by atoms with E-state index in [-0.39, 0.29) is 5.91 Å². The Balaban J connectivity index is 1.49. The Morgan fingerprint density at radius 1 is 0.875 bits per heavy atom. The molecule has 1 amide bonds. The monoisotopic (exact) mass is 433 g/mol. The van der Waals surface area contributed by atoms with E-state index < -0.39 is 0 Å². The number of rotatable bonds is 14. The van der Waals surface area contributed by atoms with Gasteiger partial charge in [-0.05, 0) is 43.5 Å². The summed E-state index contributed by atoms with van der Waals surface area (Å²) in [4.78, 5) is 17.3. The molecular weight excluding hydrogens is 394 g/mol. The number of benzene rings is 2. The minimum absolute atomic E-state index is 0.00976. The molecule has 0 aliphatic rings. The molecule has 3 rings (SSSR count). The van der Waals surface area contributed by atoms with Gasteiger partial charge >= 0.3 is 0 Å². The van der Waals surface area contributed by atoms with Crippen molar-refractivity contribution in [2.45, 2.75) is 84.6 Å². The van der Waals surface area contributed by atoms with Crippen molar-refractivity contribution in [3.63, 3.8) is 0 Å². The van der Waals surface area contributed by atoms with Crippen molar-refractivity contribution < 1.29 is 4.79 Å². The van der Waals surface area contributed by atoms with Crippen LogP contribution in [0.25, 0.3) is 11.0 Å². The number of fused-ring (bicyclic) bond motifs is 1. The van der Waals surface area contributed by atoms with Gasteiger partial charge in [-0.2, -0.15) is 0 Å². The van der Waals surface area contributed by atoms with Gasteiger partial charge in [-0.1, -0.05) is 82.2 Å². The molecule has 0 radical (unpaired) electrons. The summed E-state index contributed by atoms with van der Waals surface area (Å²) in [5, 5.41) is 3.07. The van der Waals surface area contributed by atoms with Gasteiger partial charge in [-0.25, -0.2) is 4.98 Å². The number of hydrogen-bond acceptors (Lipinski definition) is 2. The van der Waals surface area contributed by atoms with Crippen LogP contribution in [0.15, 0.2) is 48.5 Å². The smallest absolute Gasteiger partial charge is 0.251 e. The Labute approximate surface area is 193 Å². The number of nitrogens with one attached hydrogen (secondary N) is 1. The van der Waals surface area contributed by atoms with Crippen LogP contribution in [0.5, 0.6) is 0 Å². The molecule has 0 atom stereocenters. The van der Waals surface area contributed by atoms with E-state index in [1.54, 1.807) is 0 Å². The summed E-state index contributed by atoms with van der Waals surface area (Å²) in [7, 11) is 0. The van der Waals surface area contributed by atoms with E-state index in [9.17, 15) is 4.79 Å². The molecule has 2 aromatic carbocycles. The average Bonchev–Trinajstić information content (AvgIpc) is 3.16. The average molecular weight is 434 g/mol. The number of imidazole rings is 1. The predicted molar refractivity (Wildman–Crippen MR) is 134 cm³/mol. The van der Waals surface area contributed by atoms with Gasteiger partial charge in [0, 0.05) is 25.1 Å². The molecule has 0 bridgehead atoms. The van der Waals surface area contributed by atoms with Crippen LogP contribution in [0.4, 0.5) is 0 Å². The highest BCUT2D eigenvalue weighted by molar-refractivity contribution is 5.95. The van der Waals surface area contributed by atoms with Crippen LogP contribution < -0.4 is 5.32 Å². The van der Waals surface area contributed by atoms with E-state index in [4.69, 9.17) is 4.98 Å². The van der Waals surface area contributed by atoms with Gasteiger partial charge in [0.05, 0.1) is 11.0 Å². The summed E-state index contributed by atoms with van der Waals surface area (Å²) >= 11 is 0. The molecule has 1 N–H and O–H groups in total. The zero-order valence-electron chi connectivity index (χ0n) is 19.9. The zero-order chi connectivity index (χ0) is 22.6. The lowest BCUT2D eigenvalue weighted by molar-refractivity contribution is 0.0952. The fourth-order valence-corrected chi connectivity index (χ4v) is 4.34. The Morgan fingerprint density at radius 3 is 2.34 bits per heavy atom. The topological polar surface area (TPSA) is 46.9 Å². The highest BCUT2D eigenvalue weighted by atomic mass is 16.1. The summed E-state index contributed by atoms with van der Waals surface area (Å²) in [6.45, 7) is 5.93. The number of aromatic nitrogens is 2. The number of carbonyl (C=O) groups excluding carboxylic acids is 1. The maximum absolute atomic E-state index is 12.4. The van der Waals surface area contributed by atoms with Crippen molar-refractivity contribution in [2.75, 3.05) is 6.54 Å². The lowest BCUT2D eigenvalue weighted by Crippen LogP contribution is -2.25. The van der Waals surface area contributed by atoms with Crippen molar-refractivity contribution in [1.82, 2.24) is 14.9 Å². The third-order valence-corrected chi connectivity index (χ3v) is 6.22. The van der Waals surface area contributed by atoms with Crippen LogP contribution in [0.1, 0.15) is 86.5 Å². The van der Waals surface area contributed by atoms with Crippen molar-refractivity contribution in [1.29, 1.82) is 0 Å². The Hall–Kier alpha value is -2.62. The first-order chi connectivity index (χ1) is 15.7. The molecule has 0 spiro atoms. The lowest BCUT2D eigenvalue weighted by Gasteiger charge is -2.10. The third-order valence-electron chi connectivity index (χ3n) is 6.22. The quantitative estimate of drug-likeness (QED) is 0.283. The number of nitrogens with zero attached hydrogens (tertiary/aromatic N) is 2. The number of carbonyl (C=O) groups is 1. The highest BCUT2D eigenvalue weighted by Gasteiger charge is 2.11. The summed E-state index contributed by atoms with van der Waals surface area (Å²) in [6.07, 6.45) is 12.4. The van der Waals surface area contributed by atoms with Crippen LogP contribution in [0, 0.1) is 6.92 Å². The minimum Gasteiger partial charge on any atom is -0.352 e. The molecule has 4 heteroatoms. The first-order valence-electron chi connectivity index (χ1n) is 12.5. The van der Waals surface area contributed by atoms with Gasteiger partial charge in [-0.15, -0.1) is 0 Å². The Kier molecular flexibility index (Phi) is 9.80. The van der Waals surface area contributed by atoms with Crippen molar-refractivity contribution >= 4 is 16.9 Å². The molecule has 0 unspecified atom stereocenters. The molecule has 1 heterocycles. The van der Waals surface area contributed by atoms with E-state index in [0.29, 0.717) is 6.54 Å². The molecule has 32 heavy (non-hydrogen) atoms. The molecule has 0 aliphatic heterocycles. The fourth-order valence-electron chi connectivity index (χ4n) is 4.34. The molecule has 0 fully saturated rings.